The molecule has 2 heterocycles. The first-order valence-electron chi connectivity index (χ1n) is 30.5. The summed E-state index contributed by atoms with van der Waals surface area (Å²) < 4.78 is 0. The first-order chi connectivity index (χ1) is 43.0. The van der Waals surface area contributed by atoms with E-state index < -0.39 is 0 Å². The van der Waals surface area contributed by atoms with Crippen molar-refractivity contribution < 1.29 is 0 Å². The van der Waals surface area contributed by atoms with Gasteiger partial charge in [-0.3, -0.25) is 0 Å². The van der Waals surface area contributed by atoms with Gasteiger partial charge in [-0.2, -0.15) is 0 Å². The van der Waals surface area contributed by atoms with Crippen LogP contribution in [0.1, 0.15) is 11.1 Å². The third-order valence-corrected chi connectivity index (χ3v) is 19.7. The molecule has 2 aliphatic heterocycles. The van der Waals surface area contributed by atoms with Crippen LogP contribution in [0, 0.1) is 13.8 Å². The molecule has 0 saturated carbocycles. The van der Waals surface area contributed by atoms with Gasteiger partial charge in [0, 0.05) is 34.1 Å². The Labute approximate surface area is 504 Å². The smallest absolute Gasteiger partial charge is 0.253 e. The van der Waals surface area contributed by atoms with E-state index in [4.69, 9.17) is 0 Å². The van der Waals surface area contributed by atoms with Crippen LogP contribution in [0.3, 0.4) is 0 Å². The predicted molar refractivity (Wildman–Crippen MR) is 374 cm³/mol. The van der Waals surface area contributed by atoms with Crippen molar-refractivity contribution in [1.29, 1.82) is 0 Å². The van der Waals surface area contributed by atoms with Crippen molar-refractivity contribution in [2.45, 2.75) is 13.8 Å². The highest BCUT2D eigenvalue weighted by Crippen LogP contribution is 2.53. The van der Waals surface area contributed by atoms with Gasteiger partial charge in [0.25, 0.3) is 6.71 Å². The van der Waals surface area contributed by atoms with Gasteiger partial charge in [0.2, 0.25) is 0 Å². The van der Waals surface area contributed by atoms with Crippen LogP contribution in [0.5, 0.6) is 0 Å². The van der Waals surface area contributed by atoms with E-state index in [0.717, 1.165) is 11.4 Å². The van der Waals surface area contributed by atoms with Gasteiger partial charge in [0.05, 0.1) is 0 Å². The molecule has 2 aliphatic rings. The largest absolute Gasteiger partial charge is 0.311 e. The Kier molecular flexibility index (Phi) is 10.2. The molecule has 0 atom stereocenters. The van der Waals surface area contributed by atoms with Crippen molar-refractivity contribution >= 4 is 143 Å². The summed E-state index contributed by atoms with van der Waals surface area (Å²) in [7, 11) is 0. The fourth-order valence-corrected chi connectivity index (χ4v) is 16.2. The van der Waals surface area contributed by atoms with Crippen molar-refractivity contribution in [3.63, 3.8) is 0 Å². The fourth-order valence-electron chi connectivity index (χ4n) is 16.2. The predicted octanol–water partition coefficient (Wildman–Crippen LogP) is 21.2. The second kappa shape index (κ2) is 18.3. The molecule has 0 fully saturated rings. The molecule has 87 heavy (non-hydrogen) atoms. The summed E-state index contributed by atoms with van der Waals surface area (Å²) in [5, 5.41) is 20.6. The number of fused-ring (bicyclic) bond motifs is 10. The number of rotatable bonds is 6. The van der Waals surface area contributed by atoms with Gasteiger partial charge in [0.1, 0.15) is 0 Å². The highest BCUT2D eigenvalue weighted by molar-refractivity contribution is 7.03. The van der Waals surface area contributed by atoms with Crippen LogP contribution >= 0.6 is 0 Å². The van der Waals surface area contributed by atoms with Crippen LogP contribution < -0.4 is 26.2 Å². The maximum atomic E-state index is 2.65. The van der Waals surface area contributed by atoms with Crippen molar-refractivity contribution in [2.75, 3.05) is 9.80 Å². The van der Waals surface area contributed by atoms with E-state index in [0.29, 0.717) is 0 Å². The molecule has 17 aromatic rings. The van der Waals surface area contributed by atoms with Gasteiger partial charge in [-0.05, 0) is 221 Å². The maximum absolute atomic E-state index is 2.65. The minimum atomic E-state index is -0.189. The van der Waals surface area contributed by atoms with Crippen LogP contribution in [0.15, 0.2) is 285 Å². The molecule has 3 heteroatoms. The molecule has 2 nitrogen and oxygen atoms in total. The molecular formula is C84H53BN2. The molecule has 0 unspecified atom stereocenters. The quantitative estimate of drug-likeness (QED) is 0.0930. The monoisotopic (exact) mass is 1100 g/mol. The normalized spacial score (nSPS) is 12.9. The van der Waals surface area contributed by atoms with E-state index in [1.807, 2.05) is 0 Å². The number of hydrogen-bond acceptors (Lipinski definition) is 2. The second-order valence-electron chi connectivity index (χ2n) is 24.3. The average Bonchev–Trinajstić information content (AvgIpc) is 0.722. The zero-order valence-corrected chi connectivity index (χ0v) is 48.1. The van der Waals surface area contributed by atoms with E-state index in [1.165, 1.54) is 181 Å². The topological polar surface area (TPSA) is 6.48 Å². The van der Waals surface area contributed by atoms with E-state index in [1.54, 1.807) is 0 Å². The highest BCUT2D eigenvalue weighted by atomic mass is 15.2. The zero-order chi connectivity index (χ0) is 57.2. The maximum Gasteiger partial charge on any atom is 0.253 e. The van der Waals surface area contributed by atoms with Gasteiger partial charge in [0.15, 0.2) is 0 Å². The van der Waals surface area contributed by atoms with Crippen molar-refractivity contribution in [1.82, 2.24) is 0 Å². The Morgan fingerprint density at radius 2 is 0.552 bits per heavy atom. The Balaban J connectivity index is 1.000. The lowest BCUT2D eigenvalue weighted by Crippen LogP contribution is -2.61. The summed E-state index contributed by atoms with van der Waals surface area (Å²) in [6.45, 7) is 4.44. The van der Waals surface area contributed by atoms with Gasteiger partial charge < -0.3 is 9.80 Å². The SMILES string of the molecule is Cc1cc(-c2ccccc2)cc(C)c1-c1cc2c3c(c1)N(c1ccc(-c4ccccc4)cc1)c1cc4c5cccc6cccc(c7cccc(c1B3c1c(cc3c8cccc9cccc(c%10cccc1c%103)c98)N2c1ccc(-c2ccccc2)cc1)c74)c65. The van der Waals surface area contributed by atoms with Crippen molar-refractivity contribution in [3.8, 4) is 44.5 Å². The van der Waals surface area contributed by atoms with Crippen LogP contribution in [-0.4, -0.2) is 6.71 Å². The minimum absolute atomic E-state index is 0.189. The molecular weight excluding hydrogens is 1050 g/mol. The number of hydrogen-bond donors (Lipinski definition) is 0. The number of benzene rings is 17. The molecule has 17 aromatic carbocycles. The summed E-state index contributed by atoms with van der Waals surface area (Å²) >= 11 is 0. The third-order valence-electron chi connectivity index (χ3n) is 19.7. The highest BCUT2D eigenvalue weighted by Gasteiger charge is 2.46. The van der Waals surface area contributed by atoms with Crippen LogP contribution in [0.4, 0.5) is 34.1 Å². The standard InChI is InChI=1S/C84H53BN2/c1-50-44-59(54-22-10-5-11-23-54)45-51(2)77(50)60-46-73-84-74(47-60)87(62-42-38-56(39-43-62)53-20-8-4-9-21-53)76-49-72-68-31-15-27-58-25-13-29-64(79(58)68)66-33-17-35-70(81(66)72)83(76)85(84)82-69-34-16-32-65-63-28-12-24-57-26-14-30-67(78(57)63)71(80(65)69)48-75(82)86(73)61-40-36-55(37-41-61)52-18-6-3-7-19-52/h3-49H,1-2H3. The molecule has 0 aromatic heterocycles. The molecule has 0 bridgehead atoms. The van der Waals surface area contributed by atoms with E-state index in [2.05, 4.69) is 309 Å². The molecule has 402 valence electrons. The van der Waals surface area contributed by atoms with E-state index in [-0.39, 0.29) is 6.71 Å². The zero-order valence-electron chi connectivity index (χ0n) is 48.1. The molecule has 0 radical (unpaired) electrons. The van der Waals surface area contributed by atoms with Crippen LogP contribution in [0.2, 0.25) is 0 Å². The van der Waals surface area contributed by atoms with Crippen LogP contribution in [-0.2, 0) is 0 Å². The number of aryl methyl sites for hydroxylation is 2. The Hall–Kier alpha value is -11.0. The number of nitrogens with zero attached hydrogens (tertiary/aromatic N) is 2. The lowest BCUT2D eigenvalue weighted by molar-refractivity contribution is 1.26. The van der Waals surface area contributed by atoms with E-state index >= 15 is 0 Å². The fraction of sp³-hybridized carbons (Fsp3) is 0.0238. The second-order valence-corrected chi connectivity index (χ2v) is 24.3. The summed E-state index contributed by atoms with van der Waals surface area (Å²) in [4.78, 5) is 5.30. The van der Waals surface area contributed by atoms with Gasteiger partial charge in [-0.1, -0.05) is 237 Å². The van der Waals surface area contributed by atoms with Crippen molar-refractivity contribution in [3.05, 3.63) is 296 Å². The summed E-state index contributed by atoms with van der Waals surface area (Å²) in [5.41, 5.74) is 23.1. The molecule has 0 spiro atoms. The third kappa shape index (κ3) is 6.88. The Bertz CT molecular complexity index is 5360. The van der Waals surface area contributed by atoms with Gasteiger partial charge in [-0.15, -0.1) is 0 Å². The molecule has 19 rings (SSSR count). The lowest BCUT2D eigenvalue weighted by atomic mass is 9.32. The molecule has 0 N–H and O–H groups in total. The molecule has 0 amide bonds. The summed E-state index contributed by atoms with van der Waals surface area (Å²) in [5.74, 6) is 0. The molecule has 0 aliphatic carbocycles. The Morgan fingerprint density at radius 3 is 0.954 bits per heavy atom. The van der Waals surface area contributed by atoms with Gasteiger partial charge in [-0.25, -0.2) is 0 Å². The summed E-state index contributed by atoms with van der Waals surface area (Å²) in [6, 6.07) is 108. The lowest BCUT2D eigenvalue weighted by Gasteiger charge is -2.45. The number of anilines is 6. The first kappa shape index (κ1) is 48.4. The Morgan fingerprint density at radius 1 is 0.230 bits per heavy atom. The average molecular weight is 1100 g/mol. The molecule has 0 saturated heterocycles. The van der Waals surface area contributed by atoms with Crippen molar-refractivity contribution in [2.24, 2.45) is 0 Å². The van der Waals surface area contributed by atoms with Crippen LogP contribution in [0.25, 0.3) is 131 Å². The summed E-state index contributed by atoms with van der Waals surface area (Å²) in [6.07, 6.45) is 0. The van der Waals surface area contributed by atoms with Gasteiger partial charge >= 0.3 is 0 Å². The minimum Gasteiger partial charge on any atom is -0.311 e. The van der Waals surface area contributed by atoms with E-state index in [9.17, 15) is 0 Å². The first-order valence-corrected chi connectivity index (χ1v) is 30.5.